The lowest BCUT2D eigenvalue weighted by atomic mass is 10.2. The molecule has 0 spiro atoms. The largest absolute Gasteiger partial charge is 0.478 e. The van der Waals surface area contributed by atoms with E-state index in [1.165, 1.54) is 4.31 Å². The monoisotopic (exact) mass is 314 g/mol. The Morgan fingerprint density at radius 3 is 2.52 bits per heavy atom. The Labute approximate surface area is 121 Å². The van der Waals surface area contributed by atoms with E-state index < -0.39 is 37.1 Å². The van der Waals surface area contributed by atoms with Gasteiger partial charge >= 0.3 is 5.97 Å². The smallest absolute Gasteiger partial charge is 0.337 e. The molecule has 0 atom stereocenters. The molecule has 8 nitrogen and oxygen atoms in total. The van der Waals surface area contributed by atoms with Crippen LogP contribution in [0, 0.1) is 10.1 Å². The molecule has 0 amide bonds. The average Bonchev–Trinajstić information content (AvgIpc) is 3.22. The van der Waals surface area contributed by atoms with Gasteiger partial charge in [0.15, 0.2) is 0 Å². The molecule has 1 aromatic rings. The highest BCUT2D eigenvalue weighted by Crippen LogP contribution is 2.33. The Balaban J connectivity index is 2.56. The number of carboxylic acids is 1. The van der Waals surface area contributed by atoms with Crippen molar-refractivity contribution in [3.05, 3.63) is 33.9 Å². The van der Waals surface area contributed by atoms with Gasteiger partial charge in [-0.1, -0.05) is 6.92 Å². The van der Waals surface area contributed by atoms with E-state index in [0.717, 1.165) is 31.0 Å². The van der Waals surface area contributed by atoms with Crippen molar-refractivity contribution in [3.8, 4) is 0 Å². The zero-order chi connectivity index (χ0) is 15.8. The number of sulfonamides is 1. The fraction of sp³-hybridized carbons (Fsp3) is 0.417. The Kier molecular flexibility index (Phi) is 3.97. The predicted molar refractivity (Wildman–Crippen MR) is 72.6 cm³/mol. The quantitative estimate of drug-likeness (QED) is 0.627. The van der Waals surface area contributed by atoms with Gasteiger partial charge in [-0.3, -0.25) is 10.1 Å². The molecule has 0 aromatic heterocycles. The first-order valence-electron chi connectivity index (χ1n) is 6.32. The van der Waals surface area contributed by atoms with E-state index in [1.54, 1.807) is 6.92 Å². The van der Waals surface area contributed by atoms with Gasteiger partial charge in [0.05, 0.1) is 15.4 Å². The number of hydrogen-bond acceptors (Lipinski definition) is 5. The Morgan fingerprint density at radius 1 is 1.48 bits per heavy atom. The molecule has 0 bridgehead atoms. The van der Waals surface area contributed by atoms with Crippen LogP contribution in [-0.2, 0) is 10.0 Å². The maximum absolute atomic E-state index is 12.5. The van der Waals surface area contributed by atoms with Crippen molar-refractivity contribution in [2.45, 2.75) is 30.7 Å². The van der Waals surface area contributed by atoms with Gasteiger partial charge in [-0.25, -0.2) is 13.2 Å². The van der Waals surface area contributed by atoms with Gasteiger partial charge in [-0.2, -0.15) is 4.31 Å². The minimum Gasteiger partial charge on any atom is -0.478 e. The van der Waals surface area contributed by atoms with E-state index in [-0.39, 0.29) is 12.6 Å². The summed E-state index contributed by atoms with van der Waals surface area (Å²) in [5.74, 6) is -1.51. The molecule has 1 aliphatic carbocycles. The maximum atomic E-state index is 12.5. The van der Waals surface area contributed by atoms with Crippen molar-refractivity contribution in [3.63, 3.8) is 0 Å². The van der Waals surface area contributed by atoms with Crippen LogP contribution in [0.4, 0.5) is 5.69 Å². The van der Waals surface area contributed by atoms with Gasteiger partial charge < -0.3 is 5.11 Å². The van der Waals surface area contributed by atoms with Crippen LogP contribution in [0.5, 0.6) is 0 Å². The molecule has 0 unspecified atom stereocenters. The fourth-order valence-electron chi connectivity index (χ4n) is 2.14. The molecule has 0 heterocycles. The zero-order valence-electron chi connectivity index (χ0n) is 11.2. The average molecular weight is 314 g/mol. The second-order valence-corrected chi connectivity index (χ2v) is 6.54. The molecule has 1 aliphatic rings. The highest BCUT2D eigenvalue weighted by molar-refractivity contribution is 7.89. The van der Waals surface area contributed by atoms with E-state index in [9.17, 15) is 23.3 Å². The molecule has 2 rings (SSSR count). The summed E-state index contributed by atoms with van der Waals surface area (Å²) in [5, 5.41) is 19.8. The Bertz CT molecular complexity index is 696. The van der Waals surface area contributed by atoms with Crippen LogP contribution in [0.1, 0.15) is 30.1 Å². The van der Waals surface area contributed by atoms with Gasteiger partial charge in [0.25, 0.3) is 5.69 Å². The molecule has 0 saturated heterocycles. The number of nitro groups is 1. The van der Waals surface area contributed by atoms with Gasteiger partial charge in [-0.15, -0.1) is 0 Å². The number of benzene rings is 1. The molecule has 1 fully saturated rings. The number of nitro benzene ring substituents is 1. The second kappa shape index (κ2) is 5.41. The van der Waals surface area contributed by atoms with Crippen molar-refractivity contribution in [1.82, 2.24) is 4.31 Å². The van der Waals surface area contributed by atoms with E-state index in [4.69, 9.17) is 5.11 Å². The summed E-state index contributed by atoms with van der Waals surface area (Å²) in [6, 6.07) is 2.65. The van der Waals surface area contributed by atoms with Crippen LogP contribution in [0.15, 0.2) is 23.1 Å². The van der Waals surface area contributed by atoms with E-state index in [1.807, 2.05) is 0 Å². The maximum Gasteiger partial charge on any atom is 0.337 e. The van der Waals surface area contributed by atoms with Crippen molar-refractivity contribution >= 4 is 21.7 Å². The topological polar surface area (TPSA) is 118 Å². The van der Waals surface area contributed by atoms with Crippen LogP contribution in [0.2, 0.25) is 0 Å². The Morgan fingerprint density at radius 2 is 2.10 bits per heavy atom. The number of carbonyl (C=O) groups is 1. The third-order valence-corrected chi connectivity index (χ3v) is 5.34. The molecule has 0 aliphatic heterocycles. The second-order valence-electron chi connectivity index (χ2n) is 4.68. The lowest BCUT2D eigenvalue weighted by Gasteiger charge is -2.20. The van der Waals surface area contributed by atoms with Gasteiger partial charge in [0.2, 0.25) is 10.0 Å². The standard InChI is InChI=1S/C12H14N2O6S/c1-2-13(8-3-4-8)21(19,20)11-6-5-9(14(17)18)7-10(11)12(15)16/h5-8H,2-4H2,1H3,(H,15,16). The van der Waals surface area contributed by atoms with Crippen LogP contribution >= 0.6 is 0 Å². The molecule has 114 valence electrons. The molecule has 1 saturated carbocycles. The lowest BCUT2D eigenvalue weighted by molar-refractivity contribution is -0.384. The normalized spacial score (nSPS) is 15.1. The lowest BCUT2D eigenvalue weighted by Crippen LogP contribution is -2.33. The van der Waals surface area contributed by atoms with E-state index in [2.05, 4.69) is 0 Å². The predicted octanol–water partition coefficient (Wildman–Crippen LogP) is 1.47. The summed E-state index contributed by atoms with van der Waals surface area (Å²) in [4.78, 5) is 20.8. The number of nitrogens with zero attached hydrogens (tertiary/aromatic N) is 2. The van der Waals surface area contributed by atoms with Crippen molar-refractivity contribution in [1.29, 1.82) is 0 Å². The molecule has 0 radical (unpaired) electrons. The summed E-state index contributed by atoms with van der Waals surface area (Å²) >= 11 is 0. The number of carboxylic acid groups (broad SMARTS) is 1. The summed E-state index contributed by atoms with van der Waals surface area (Å²) in [6.07, 6.45) is 1.48. The number of non-ortho nitro benzene ring substituents is 1. The van der Waals surface area contributed by atoms with E-state index in [0.29, 0.717) is 0 Å². The Hall–Kier alpha value is -2.00. The van der Waals surface area contributed by atoms with Gasteiger partial charge in [-0.05, 0) is 18.9 Å². The van der Waals surface area contributed by atoms with Crippen molar-refractivity contribution in [2.75, 3.05) is 6.54 Å². The van der Waals surface area contributed by atoms with E-state index >= 15 is 0 Å². The SMILES string of the molecule is CCN(C1CC1)S(=O)(=O)c1ccc([N+](=O)[O-])cc1C(=O)O. The van der Waals surface area contributed by atoms with Crippen LogP contribution in [-0.4, -0.2) is 41.3 Å². The zero-order valence-corrected chi connectivity index (χ0v) is 12.0. The van der Waals surface area contributed by atoms with Crippen LogP contribution in [0.3, 0.4) is 0 Å². The first-order chi connectivity index (χ1) is 9.78. The summed E-state index contributed by atoms with van der Waals surface area (Å²) in [7, 11) is -3.98. The first-order valence-corrected chi connectivity index (χ1v) is 7.76. The summed E-state index contributed by atoms with van der Waals surface area (Å²) in [6.45, 7) is 1.89. The third kappa shape index (κ3) is 2.88. The number of aromatic carboxylic acids is 1. The van der Waals surface area contributed by atoms with Gasteiger partial charge in [0, 0.05) is 24.7 Å². The summed E-state index contributed by atoms with van der Waals surface area (Å²) < 4.78 is 26.3. The number of rotatable bonds is 6. The molecular formula is C12H14N2O6S. The first kappa shape index (κ1) is 15.4. The molecular weight excluding hydrogens is 300 g/mol. The molecule has 1 aromatic carbocycles. The van der Waals surface area contributed by atoms with Crippen molar-refractivity contribution < 1.29 is 23.2 Å². The number of hydrogen-bond donors (Lipinski definition) is 1. The molecule has 21 heavy (non-hydrogen) atoms. The summed E-state index contributed by atoms with van der Waals surface area (Å²) in [5.41, 5.74) is -1.04. The minimum atomic E-state index is -3.98. The fourth-order valence-corrected chi connectivity index (χ4v) is 4.00. The minimum absolute atomic E-state index is 0.114. The molecule has 1 N–H and O–H groups in total. The van der Waals surface area contributed by atoms with Crippen molar-refractivity contribution in [2.24, 2.45) is 0 Å². The highest BCUT2D eigenvalue weighted by Gasteiger charge is 2.38. The highest BCUT2D eigenvalue weighted by atomic mass is 32.2. The van der Waals surface area contributed by atoms with Crippen LogP contribution < -0.4 is 0 Å². The van der Waals surface area contributed by atoms with Crippen LogP contribution in [0.25, 0.3) is 0 Å². The van der Waals surface area contributed by atoms with Gasteiger partial charge in [0.1, 0.15) is 0 Å². The third-order valence-electron chi connectivity index (χ3n) is 3.26. The molecule has 9 heteroatoms.